The Hall–Kier alpha value is -0.0800. The smallest absolute Gasteiger partial charge is 0.00964 e. The van der Waals surface area contributed by atoms with Gasteiger partial charge in [-0.2, -0.15) is 0 Å². The first-order valence-electron chi connectivity index (χ1n) is 8.30. The van der Waals surface area contributed by atoms with E-state index in [2.05, 4.69) is 24.1 Å². The first kappa shape index (κ1) is 14.3. The predicted octanol–water partition coefficient (Wildman–Crippen LogP) is 3.42. The second-order valence-electron chi connectivity index (χ2n) is 6.33. The zero-order valence-corrected chi connectivity index (χ0v) is 12.5. The molecule has 0 aromatic rings. The van der Waals surface area contributed by atoms with Gasteiger partial charge in [0.05, 0.1) is 0 Å². The van der Waals surface area contributed by atoms with E-state index in [0.717, 1.165) is 24.5 Å². The van der Waals surface area contributed by atoms with E-state index in [1.165, 1.54) is 64.5 Å². The van der Waals surface area contributed by atoms with Crippen LogP contribution in [0, 0.1) is 5.92 Å². The molecule has 1 saturated heterocycles. The van der Waals surface area contributed by atoms with Gasteiger partial charge in [-0.25, -0.2) is 0 Å². The molecule has 1 aliphatic carbocycles. The molecule has 18 heavy (non-hydrogen) atoms. The maximum Gasteiger partial charge on any atom is 0.00964 e. The lowest BCUT2D eigenvalue weighted by Gasteiger charge is -2.41. The Labute approximate surface area is 114 Å². The van der Waals surface area contributed by atoms with Crippen LogP contribution < -0.4 is 5.32 Å². The summed E-state index contributed by atoms with van der Waals surface area (Å²) in [5.41, 5.74) is 0. The molecule has 2 heteroatoms. The molecule has 0 amide bonds. The lowest BCUT2D eigenvalue weighted by Crippen LogP contribution is -2.45. The van der Waals surface area contributed by atoms with Gasteiger partial charge in [-0.3, -0.25) is 0 Å². The number of rotatable bonds is 5. The van der Waals surface area contributed by atoms with Gasteiger partial charge in [0.15, 0.2) is 0 Å². The molecule has 0 radical (unpaired) electrons. The standard InChI is InChI=1S/C16H32N2/c1-3-5-14-10-12-18(13-11-14)16-8-6-15(7-9-16)17-4-2/h14-17H,3-13H2,1-2H3. The van der Waals surface area contributed by atoms with E-state index in [-0.39, 0.29) is 0 Å². The van der Waals surface area contributed by atoms with E-state index >= 15 is 0 Å². The quantitative estimate of drug-likeness (QED) is 0.806. The molecular weight excluding hydrogens is 220 g/mol. The minimum atomic E-state index is 0.809. The number of hydrogen-bond acceptors (Lipinski definition) is 2. The van der Waals surface area contributed by atoms with Gasteiger partial charge >= 0.3 is 0 Å². The van der Waals surface area contributed by atoms with Gasteiger partial charge in [-0.1, -0.05) is 26.7 Å². The van der Waals surface area contributed by atoms with Crippen molar-refractivity contribution in [2.75, 3.05) is 19.6 Å². The third-order valence-electron chi connectivity index (χ3n) is 5.05. The van der Waals surface area contributed by atoms with Crippen LogP contribution in [0.3, 0.4) is 0 Å². The van der Waals surface area contributed by atoms with E-state index in [4.69, 9.17) is 0 Å². The predicted molar refractivity (Wildman–Crippen MR) is 78.9 cm³/mol. The maximum atomic E-state index is 3.61. The van der Waals surface area contributed by atoms with Gasteiger partial charge in [0.25, 0.3) is 0 Å². The fraction of sp³-hybridized carbons (Fsp3) is 1.00. The van der Waals surface area contributed by atoms with Crippen molar-refractivity contribution in [2.24, 2.45) is 5.92 Å². The summed E-state index contributed by atoms with van der Waals surface area (Å²) in [4.78, 5) is 2.80. The Morgan fingerprint density at radius 2 is 1.61 bits per heavy atom. The third kappa shape index (κ3) is 3.96. The Balaban J connectivity index is 1.68. The summed E-state index contributed by atoms with van der Waals surface area (Å²) in [5, 5.41) is 3.61. The number of piperidine rings is 1. The lowest BCUT2D eigenvalue weighted by atomic mass is 9.86. The first-order valence-corrected chi connectivity index (χ1v) is 8.30. The van der Waals surface area contributed by atoms with Crippen LogP contribution in [-0.2, 0) is 0 Å². The van der Waals surface area contributed by atoms with Crippen LogP contribution in [-0.4, -0.2) is 36.6 Å². The topological polar surface area (TPSA) is 15.3 Å². The van der Waals surface area contributed by atoms with Gasteiger partial charge in [0.1, 0.15) is 0 Å². The summed E-state index contributed by atoms with van der Waals surface area (Å²) in [6.45, 7) is 8.44. The minimum absolute atomic E-state index is 0.809. The molecular formula is C16H32N2. The maximum absolute atomic E-state index is 3.61. The van der Waals surface area contributed by atoms with E-state index in [1.54, 1.807) is 0 Å². The van der Waals surface area contributed by atoms with Gasteiger partial charge in [-0.05, 0) is 64.1 Å². The van der Waals surface area contributed by atoms with Gasteiger partial charge in [0.2, 0.25) is 0 Å². The summed E-state index contributed by atoms with van der Waals surface area (Å²) in [7, 11) is 0. The molecule has 1 aliphatic heterocycles. The Morgan fingerprint density at radius 3 is 2.17 bits per heavy atom. The molecule has 2 nitrogen and oxygen atoms in total. The van der Waals surface area contributed by atoms with Crippen molar-refractivity contribution < 1.29 is 0 Å². The number of hydrogen-bond donors (Lipinski definition) is 1. The highest BCUT2D eigenvalue weighted by Crippen LogP contribution is 2.28. The van der Waals surface area contributed by atoms with Crippen LogP contribution in [0.25, 0.3) is 0 Å². The van der Waals surface area contributed by atoms with Crippen LogP contribution in [0.15, 0.2) is 0 Å². The van der Waals surface area contributed by atoms with Gasteiger partial charge in [0, 0.05) is 12.1 Å². The van der Waals surface area contributed by atoms with Crippen LogP contribution in [0.2, 0.25) is 0 Å². The molecule has 1 saturated carbocycles. The molecule has 1 heterocycles. The van der Waals surface area contributed by atoms with Crippen molar-refractivity contribution in [1.82, 2.24) is 10.2 Å². The van der Waals surface area contributed by atoms with Crippen LogP contribution in [0.5, 0.6) is 0 Å². The van der Waals surface area contributed by atoms with Crippen molar-refractivity contribution in [3.63, 3.8) is 0 Å². The third-order valence-corrected chi connectivity index (χ3v) is 5.05. The second-order valence-corrected chi connectivity index (χ2v) is 6.33. The molecule has 106 valence electrons. The highest BCUT2D eigenvalue weighted by molar-refractivity contribution is 4.85. The van der Waals surface area contributed by atoms with Gasteiger partial charge in [-0.15, -0.1) is 0 Å². The van der Waals surface area contributed by atoms with Crippen LogP contribution in [0.4, 0.5) is 0 Å². The monoisotopic (exact) mass is 252 g/mol. The molecule has 2 fully saturated rings. The highest BCUT2D eigenvalue weighted by atomic mass is 15.2. The molecule has 0 spiro atoms. The van der Waals surface area contributed by atoms with Crippen molar-refractivity contribution in [3.8, 4) is 0 Å². The summed E-state index contributed by atoms with van der Waals surface area (Å²) < 4.78 is 0. The summed E-state index contributed by atoms with van der Waals surface area (Å²) >= 11 is 0. The highest BCUT2D eigenvalue weighted by Gasteiger charge is 2.28. The lowest BCUT2D eigenvalue weighted by molar-refractivity contribution is 0.0971. The summed E-state index contributed by atoms with van der Waals surface area (Å²) in [6, 6.07) is 1.71. The minimum Gasteiger partial charge on any atom is -0.314 e. The van der Waals surface area contributed by atoms with Crippen molar-refractivity contribution in [1.29, 1.82) is 0 Å². The van der Waals surface area contributed by atoms with Crippen molar-refractivity contribution >= 4 is 0 Å². The summed E-state index contributed by atoms with van der Waals surface area (Å²) in [6.07, 6.45) is 11.4. The van der Waals surface area contributed by atoms with E-state index in [9.17, 15) is 0 Å². The number of likely N-dealkylation sites (tertiary alicyclic amines) is 1. The number of nitrogens with one attached hydrogen (secondary N) is 1. The molecule has 0 aromatic carbocycles. The van der Waals surface area contributed by atoms with E-state index < -0.39 is 0 Å². The largest absolute Gasteiger partial charge is 0.314 e. The second kappa shape index (κ2) is 7.49. The average Bonchev–Trinajstić information content (AvgIpc) is 2.41. The fourth-order valence-electron chi connectivity index (χ4n) is 3.95. The van der Waals surface area contributed by atoms with Crippen molar-refractivity contribution in [3.05, 3.63) is 0 Å². The zero-order chi connectivity index (χ0) is 12.8. The molecule has 0 atom stereocenters. The van der Waals surface area contributed by atoms with Crippen LogP contribution >= 0.6 is 0 Å². The number of nitrogens with zero attached hydrogens (tertiary/aromatic N) is 1. The Morgan fingerprint density at radius 1 is 0.944 bits per heavy atom. The normalized spacial score (nSPS) is 31.7. The van der Waals surface area contributed by atoms with Crippen molar-refractivity contribution in [2.45, 2.75) is 77.3 Å². The Kier molecular flexibility index (Phi) is 5.97. The van der Waals surface area contributed by atoms with E-state index in [0.29, 0.717) is 0 Å². The van der Waals surface area contributed by atoms with Crippen LogP contribution in [0.1, 0.15) is 65.2 Å². The average molecular weight is 252 g/mol. The molecule has 0 bridgehead atoms. The zero-order valence-electron chi connectivity index (χ0n) is 12.5. The van der Waals surface area contributed by atoms with Gasteiger partial charge < -0.3 is 10.2 Å². The summed E-state index contributed by atoms with van der Waals surface area (Å²) in [5.74, 6) is 1.03. The van der Waals surface area contributed by atoms with E-state index in [1.807, 2.05) is 0 Å². The molecule has 1 N–H and O–H groups in total. The fourth-order valence-corrected chi connectivity index (χ4v) is 3.95. The first-order chi connectivity index (χ1) is 8.83. The molecule has 0 unspecified atom stereocenters. The molecule has 0 aromatic heterocycles. The Bertz CT molecular complexity index is 189. The molecule has 2 rings (SSSR count). The SMILES string of the molecule is CCCC1CCN(C2CCC(NCC)CC2)CC1. The molecule has 2 aliphatic rings.